The highest BCUT2D eigenvalue weighted by Crippen LogP contribution is 2.40. The lowest BCUT2D eigenvalue weighted by atomic mass is 10.0. The van der Waals surface area contributed by atoms with Crippen LogP contribution in [0.3, 0.4) is 0 Å². The van der Waals surface area contributed by atoms with Crippen LogP contribution in [0.5, 0.6) is 5.75 Å². The van der Waals surface area contributed by atoms with Crippen LogP contribution in [0.2, 0.25) is 0 Å². The van der Waals surface area contributed by atoms with Crippen molar-refractivity contribution in [1.82, 2.24) is 14.1 Å². The summed E-state index contributed by atoms with van der Waals surface area (Å²) in [6.07, 6.45) is 3.79. The van der Waals surface area contributed by atoms with E-state index in [0.717, 1.165) is 46.9 Å². The number of fused-ring (bicyclic) bond motifs is 3. The molecule has 49 heavy (non-hydrogen) atoms. The normalized spacial score (nSPS) is 20.2. The average Bonchev–Trinajstić information content (AvgIpc) is 3.73. The Morgan fingerprint density at radius 3 is 2.43 bits per heavy atom. The van der Waals surface area contributed by atoms with Gasteiger partial charge in [-0.3, -0.25) is 9.36 Å². The SMILES string of the molecule is Cc1c(-c2ncco2)sc2c1c(=O)n(C(C)(C)C(=O)OC(C)(C)C)c(=O)n2C[C@H](OC1C[C@H]2CC[C@@H](C1)O2)c1cc(F)ccc1OC(F)F. The van der Waals surface area contributed by atoms with E-state index in [9.17, 15) is 27.6 Å². The van der Waals surface area contributed by atoms with E-state index < -0.39 is 53.0 Å². The first-order valence-corrected chi connectivity index (χ1v) is 16.8. The molecule has 4 atom stereocenters. The Morgan fingerprint density at radius 2 is 1.82 bits per heavy atom. The molecule has 4 aromatic rings. The number of halogens is 3. The second kappa shape index (κ2) is 13.1. The number of benzene rings is 1. The molecule has 2 bridgehead atoms. The minimum Gasteiger partial charge on any atom is -0.458 e. The number of alkyl halides is 2. The van der Waals surface area contributed by atoms with Crippen molar-refractivity contribution in [2.75, 3.05) is 0 Å². The molecule has 2 aliphatic rings. The Morgan fingerprint density at radius 1 is 1.12 bits per heavy atom. The highest BCUT2D eigenvalue weighted by Gasteiger charge is 2.41. The van der Waals surface area contributed by atoms with Crippen LogP contribution in [-0.2, 0) is 31.1 Å². The summed E-state index contributed by atoms with van der Waals surface area (Å²) in [5, 5.41) is 0.112. The van der Waals surface area contributed by atoms with Gasteiger partial charge in [0.05, 0.1) is 41.3 Å². The van der Waals surface area contributed by atoms with Crippen LogP contribution in [0.15, 0.2) is 44.7 Å². The summed E-state index contributed by atoms with van der Waals surface area (Å²) < 4.78 is 72.7. The first-order chi connectivity index (χ1) is 23.0. The molecule has 2 aliphatic heterocycles. The van der Waals surface area contributed by atoms with Gasteiger partial charge in [0.25, 0.3) is 5.56 Å². The Bertz CT molecular complexity index is 1970. The maximum absolute atomic E-state index is 14.8. The first-order valence-electron chi connectivity index (χ1n) is 16.0. The number of carbonyl (C=O) groups excluding carboxylic acids is 1. The van der Waals surface area contributed by atoms with E-state index in [0.29, 0.717) is 23.3 Å². The number of nitrogens with zero attached hydrogens (tertiary/aromatic N) is 3. The highest BCUT2D eigenvalue weighted by atomic mass is 32.1. The molecular formula is C34H38F3N3O8S. The molecule has 1 aromatic carbocycles. The second-order valence-electron chi connectivity index (χ2n) is 13.9. The zero-order valence-corrected chi connectivity index (χ0v) is 28.8. The predicted octanol–water partition coefficient (Wildman–Crippen LogP) is 6.47. The predicted molar refractivity (Wildman–Crippen MR) is 174 cm³/mol. The standard InChI is InChI=1S/C34H38F3N3O8S/c1-17-25-28(41)40(34(5,6)30(42)48-33(2,3)4)32(43)39(29(25)49-26(17)27-38-11-12-44-27)16-24(46-21-14-19-8-9-20(15-21)45-19)22-13-18(35)7-10-23(22)47-31(36)37/h7,10-13,19-21,24,31H,8-9,14-16H2,1-6H3/t19-,20+,21?,24-/m0/s1. The molecule has 2 fully saturated rings. The third kappa shape index (κ3) is 6.93. The number of rotatable bonds is 10. The molecule has 11 nitrogen and oxygen atoms in total. The van der Waals surface area contributed by atoms with Crippen molar-refractivity contribution < 1.29 is 41.3 Å². The lowest BCUT2D eigenvalue weighted by molar-refractivity contribution is -0.164. The van der Waals surface area contributed by atoms with Crippen LogP contribution in [0.1, 0.15) is 77.5 Å². The quantitative estimate of drug-likeness (QED) is 0.171. The molecule has 5 heterocycles. The maximum Gasteiger partial charge on any atom is 0.387 e. The lowest BCUT2D eigenvalue weighted by Gasteiger charge is -2.33. The van der Waals surface area contributed by atoms with E-state index in [-0.39, 0.29) is 46.2 Å². The Labute approximate surface area is 283 Å². The molecule has 0 N–H and O–H groups in total. The summed E-state index contributed by atoms with van der Waals surface area (Å²) in [7, 11) is 0. The van der Waals surface area contributed by atoms with Gasteiger partial charge in [0, 0.05) is 5.56 Å². The number of hydrogen-bond donors (Lipinski definition) is 0. The molecule has 0 saturated carbocycles. The van der Waals surface area contributed by atoms with Gasteiger partial charge < -0.3 is 23.4 Å². The second-order valence-corrected chi connectivity index (χ2v) is 14.9. The van der Waals surface area contributed by atoms with E-state index in [1.807, 2.05) is 0 Å². The molecule has 264 valence electrons. The van der Waals surface area contributed by atoms with Crippen molar-refractivity contribution in [3.05, 3.63) is 68.4 Å². The highest BCUT2D eigenvalue weighted by molar-refractivity contribution is 7.22. The molecule has 6 rings (SSSR count). The molecule has 1 unspecified atom stereocenters. The number of thiophene rings is 1. The summed E-state index contributed by atoms with van der Waals surface area (Å²) in [5.74, 6) is -1.68. The van der Waals surface area contributed by atoms with Gasteiger partial charge in [-0.15, -0.1) is 11.3 Å². The summed E-state index contributed by atoms with van der Waals surface area (Å²) in [6, 6.07) is 3.12. The van der Waals surface area contributed by atoms with E-state index in [2.05, 4.69) is 4.98 Å². The minimum atomic E-state index is -3.22. The van der Waals surface area contributed by atoms with Gasteiger partial charge in [-0.25, -0.2) is 23.5 Å². The van der Waals surface area contributed by atoms with E-state index in [1.54, 1.807) is 27.7 Å². The Hall–Kier alpha value is -3.95. The minimum absolute atomic E-state index is 0.0513. The zero-order valence-electron chi connectivity index (χ0n) is 28.0. The molecule has 0 amide bonds. The summed E-state index contributed by atoms with van der Waals surface area (Å²) in [4.78, 5) is 47.3. The van der Waals surface area contributed by atoms with Gasteiger partial charge in [0.1, 0.15) is 39.9 Å². The molecule has 15 heteroatoms. The maximum atomic E-state index is 14.8. The van der Waals surface area contributed by atoms with Crippen LogP contribution in [-0.4, -0.2) is 50.6 Å². The molecule has 0 radical (unpaired) electrons. The van der Waals surface area contributed by atoms with Gasteiger partial charge in [0.15, 0.2) is 0 Å². The fourth-order valence-electron chi connectivity index (χ4n) is 6.54. The number of hydrogen-bond acceptors (Lipinski definition) is 10. The third-order valence-electron chi connectivity index (χ3n) is 8.78. The van der Waals surface area contributed by atoms with E-state index >= 15 is 0 Å². The van der Waals surface area contributed by atoms with Crippen molar-refractivity contribution in [2.24, 2.45) is 0 Å². The summed E-state index contributed by atoms with van der Waals surface area (Å²) in [5.41, 5.74) is -3.97. The van der Waals surface area contributed by atoms with Crippen molar-refractivity contribution in [1.29, 1.82) is 0 Å². The number of aromatic nitrogens is 3. The molecule has 0 spiro atoms. The van der Waals surface area contributed by atoms with Crippen LogP contribution in [0.25, 0.3) is 21.0 Å². The number of esters is 1. The number of aryl methyl sites for hydroxylation is 1. The number of ether oxygens (including phenoxy) is 4. The van der Waals surface area contributed by atoms with Gasteiger partial charge in [-0.1, -0.05) is 0 Å². The lowest BCUT2D eigenvalue weighted by Crippen LogP contribution is -2.54. The monoisotopic (exact) mass is 705 g/mol. The van der Waals surface area contributed by atoms with Gasteiger partial charge >= 0.3 is 18.3 Å². The van der Waals surface area contributed by atoms with Crippen molar-refractivity contribution >= 4 is 27.5 Å². The third-order valence-corrected chi connectivity index (χ3v) is 10.1. The molecule has 3 aromatic heterocycles. The van der Waals surface area contributed by atoms with Crippen LogP contribution in [0.4, 0.5) is 13.2 Å². The van der Waals surface area contributed by atoms with E-state index in [4.69, 9.17) is 23.4 Å². The fourth-order valence-corrected chi connectivity index (χ4v) is 7.78. The number of oxazole rings is 1. The molecule has 2 saturated heterocycles. The van der Waals surface area contributed by atoms with Crippen molar-refractivity contribution in [3.8, 4) is 16.5 Å². The van der Waals surface area contributed by atoms with Crippen LogP contribution >= 0.6 is 11.3 Å². The van der Waals surface area contributed by atoms with Crippen molar-refractivity contribution in [3.63, 3.8) is 0 Å². The van der Waals surface area contributed by atoms with Crippen LogP contribution in [0, 0.1) is 12.7 Å². The summed E-state index contributed by atoms with van der Waals surface area (Å²) >= 11 is 1.06. The van der Waals surface area contributed by atoms with Gasteiger partial charge in [-0.05, 0) is 91.0 Å². The van der Waals surface area contributed by atoms with Crippen molar-refractivity contribution in [2.45, 2.75) is 116 Å². The summed E-state index contributed by atoms with van der Waals surface area (Å²) in [6.45, 7) is 5.90. The smallest absolute Gasteiger partial charge is 0.387 e. The first kappa shape index (κ1) is 34.9. The topological polar surface area (TPSA) is 124 Å². The largest absolute Gasteiger partial charge is 0.458 e. The van der Waals surface area contributed by atoms with Gasteiger partial charge in [0.2, 0.25) is 5.89 Å². The molecular weight excluding hydrogens is 667 g/mol. The van der Waals surface area contributed by atoms with Crippen LogP contribution < -0.4 is 16.0 Å². The number of carbonyl (C=O) groups is 1. The Kier molecular flexibility index (Phi) is 9.30. The average molecular weight is 706 g/mol. The van der Waals surface area contributed by atoms with Gasteiger partial charge in [-0.2, -0.15) is 8.78 Å². The van der Waals surface area contributed by atoms with E-state index in [1.165, 1.54) is 30.9 Å². The fraction of sp³-hybridized carbons (Fsp3) is 0.529. The Balaban J connectivity index is 1.57. The molecule has 0 aliphatic carbocycles. The zero-order chi connectivity index (χ0) is 35.4.